The van der Waals surface area contributed by atoms with Gasteiger partial charge >= 0.3 is 0 Å². The molecule has 1 aliphatic heterocycles. The number of aromatic nitrogens is 2. The standard InChI is InChI=1S/C19H18Cl2N4OS2/c1-27-19-23-16(25-7-3-2-4-8-25)12-10-15(28-18(12)24-19)17(26)22-11-5-6-13(20)14(21)9-11/h5-6,9-10H,2-4,7-8H2,1H3,(H,22,26). The van der Waals surface area contributed by atoms with E-state index in [4.69, 9.17) is 28.2 Å². The molecular formula is C19H18Cl2N4OS2. The molecule has 1 saturated heterocycles. The highest BCUT2D eigenvalue weighted by Crippen LogP contribution is 2.34. The van der Waals surface area contributed by atoms with Crippen LogP contribution in [0, 0.1) is 0 Å². The number of anilines is 2. The molecule has 0 spiro atoms. The molecular weight excluding hydrogens is 435 g/mol. The Balaban J connectivity index is 1.67. The third kappa shape index (κ3) is 4.08. The minimum atomic E-state index is -0.198. The van der Waals surface area contributed by atoms with Gasteiger partial charge in [0, 0.05) is 18.8 Å². The number of benzene rings is 1. The monoisotopic (exact) mass is 452 g/mol. The smallest absolute Gasteiger partial charge is 0.265 e. The number of nitrogens with zero attached hydrogens (tertiary/aromatic N) is 3. The average Bonchev–Trinajstić information content (AvgIpc) is 3.15. The van der Waals surface area contributed by atoms with Crippen molar-refractivity contribution in [2.45, 2.75) is 24.4 Å². The first-order chi connectivity index (χ1) is 13.5. The number of nitrogens with one attached hydrogen (secondary N) is 1. The number of thiophene rings is 1. The molecule has 3 aromatic rings. The maximum Gasteiger partial charge on any atom is 0.265 e. The summed E-state index contributed by atoms with van der Waals surface area (Å²) in [6.45, 7) is 1.97. The second-order valence-electron chi connectivity index (χ2n) is 6.49. The van der Waals surface area contributed by atoms with Crippen LogP contribution in [-0.2, 0) is 0 Å². The molecule has 0 atom stereocenters. The van der Waals surface area contributed by atoms with E-state index in [-0.39, 0.29) is 5.91 Å². The number of carbonyl (C=O) groups is 1. The van der Waals surface area contributed by atoms with Gasteiger partial charge < -0.3 is 10.2 Å². The van der Waals surface area contributed by atoms with E-state index in [1.807, 2.05) is 12.3 Å². The summed E-state index contributed by atoms with van der Waals surface area (Å²) in [4.78, 5) is 25.9. The average molecular weight is 453 g/mol. The first-order valence-electron chi connectivity index (χ1n) is 8.92. The molecule has 146 valence electrons. The second kappa shape index (κ2) is 8.45. The number of piperidine rings is 1. The van der Waals surface area contributed by atoms with Gasteiger partial charge in [-0.2, -0.15) is 0 Å². The van der Waals surface area contributed by atoms with Gasteiger partial charge in [0.05, 0.1) is 20.3 Å². The number of halogens is 2. The lowest BCUT2D eigenvalue weighted by molar-refractivity contribution is 0.103. The Morgan fingerprint density at radius 2 is 1.93 bits per heavy atom. The third-order valence-electron chi connectivity index (χ3n) is 4.59. The summed E-state index contributed by atoms with van der Waals surface area (Å²) in [6.07, 6.45) is 5.54. The number of amides is 1. The Kier molecular flexibility index (Phi) is 5.96. The van der Waals surface area contributed by atoms with E-state index in [2.05, 4.69) is 15.2 Å². The van der Waals surface area contributed by atoms with Gasteiger partial charge in [-0.1, -0.05) is 35.0 Å². The highest BCUT2D eigenvalue weighted by Gasteiger charge is 2.21. The van der Waals surface area contributed by atoms with E-state index in [9.17, 15) is 4.79 Å². The molecule has 0 unspecified atom stereocenters. The van der Waals surface area contributed by atoms with E-state index in [0.29, 0.717) is 20.6 Å². The summed E-state index contributed by atoms with van der Waals surface area (Å²) >= 11 is 14.9. The van der Waals surface area contributed by atoms with Crippen molar-refractivity contribution < 1.29 is 4.79 Å². The fraction of sp³-hybridized carbons (Fsp3) is 0.316. The van der Waals surface area contributed by atoms with Crippen LogP contribution in [0.2, 0.25) is 10.0 Å². The van der Waals surface area contributed by atoms with E-state index >= 15 is 0 Å². The largest absolute Gasteiger partial charge is 0.356 e. The quantitative estimate of drug-likeness (QED) is 0.390. The molecule has 3 heterocycles. The Labute approximate surface area is 181 Å². The lowest BCUT2D eigenvalue weighted by Crippen LogP contribution is -2.30. The molecule has 1 aliphatic rings. The van der Waals surface area contributed by atoms with E-state index in [1.54, 1.807) is 18.2 Å². The third-order valence-corrected chi connectivity index (χ3v) is 6.91. The first kappa shape index (κ1) is 19.8. The van der Waals surface area contributed by atoms with Crippen molar-refractivity contribution in [3.05, 3.63) is 39.2 Å². The molecule has 2 aromatic heterocycles. The van der Waals surface area contributed by atoms with Crippen LogP contribution in [-0.4, -0.2) is 35.2 Å². The molecule has 0 bridgehead atoms. The highest BCUT2D eigenvalue weighted by molar-refractivity contribution is 7.98. The number of fused-ring (bicyclic) bond motifs is 1. The van der Waals surface area contributed by atoms with Gasteiger partial charge in [0.2, 0.25) is 0 Å². The fourth-order valence-corrected chi connectivity index (χ4v) is 4.84. The zero-order chi connectivity index (χ0) is 19.7. The van der Waals surface area contributed by atoms with Crippen LogP contribution >= 0.6 is 46.3 Å². The molecule has 0 saturated carbocycles. The number of carbonyl (C=O) groups excluding carboxylic acids is 1. The summed E-state index contributed by atoms with van der Waals surface area (Å²) < 4.78 is 0. The molecule has 4 rings (SSSR count). The van der Waals surface area contributed by atoms with E-state index < -0.39 is 0 Å². The molecule has 1 N–H and O–H groups in total. The fourth-order valence-electron chi connectivity index (χ4n) is 3.20. The lowest BCUT2D eigenvalue weighted by Gasteiger charge is -2.28. The molecule has 9 heteroatoms. The zero-order valence-corrected chi connectivity index (χ0v) is 18.3. The second-order valence-corrected chi connectivity index (χ2v) is 9.11. The van der Waals surface area contributed by atoms with Gasteiger partial charge in [0.15, 0.2) is 5.16 Å². The normalized spacial score (nSPS) is 14.5. The molecule has 1 fully saturated rings. The number of rotatable bonds is 4. The summed E-state index contributed by atoms with van der Waals surface area (Å²) in [5.41, 5.74) is 0.601. The predicted octanol–water partition coefficient (Wildman–Crippen LogP) is 5.96. The summed E-state index contributed by atoms with van der Waals surface area (Å²) in [5.74, 6) is 0.732. The van der Waals surface area contributed by atoms with Crippen molar-refractivity contribution in [1.29, 1.82) is 0 Å². The van der Waals surface area contributed by atoms with Crippen molar-refractivity contribution in [3.8, 4) is 0 Å². The summed E-state index contributed by atoms with van der Waals surface area (Å²) in [5, 5.41) is 5.39. The molecule has 1 aromatic carbocycles. The topological polar surface area (TPSA) is 58.1 Å². The van der Waals surface area contributed by atoms with Gasteiger partial charge in [-0.05, 0) is 49.8 Å². The van der Waals surface area contributed by atoms with Crippen molar-refractivity contribution in [2.24, 2.45) is 0 Å². The Hall–Kier alpha value is -1.54. The van der Waals surface area contributed by atoms with Gasteiger partial charge in [-0.3, -0.25) is 4.79 Å². The Morgan fingerprint density at radius 3 is 2.64 bits per heavy atom. The van der Waals surface area contributed by atoms with E-state index in [0.717, 1.165) is 47.1 Å². The zero-order valence-electron chi connectivity index (χ0n) is 15.2. The number of hydrogen-bond acceptors (Lipinski definition) is 6. The summed E-state index contributed by atoms with van der Waals surface area (Å²) in [6, 6.07) is 6.92. The molecule has 0 aliphatic carbocycles. The Bertz CT molecular complexity index is 1030. The maximum atomic E-state index is 12.8. The molecule has 1 amide bonds. The first-order valence-corrected chi connectivity index (χ1v) is 11.7. The molecule has 5 nitrogen and oxygen atoms in total. The van der Waals surface area contributed by atoms with Crippen LogP contribution in [0.15, 0.2) is 29.4 Å². The Morgan fingerprint density at radius 1 is 1.14 bits per heavy atom. The number of hydrogen-bond donors (Lipinski definition) is 1. The van der Waals surface area contributed by atoms with Crippen molar-refractivity contribution in [2.75, 3.05) is 29.6 Å². The van der Waals surface area contributed by atoms with Gasteiger partial charge in [0.1, 0.15) is 10.6 Å². The van der Waals surface area contributed by atoms with Crippen molar-refractivity contribution >= 4 is 73.9 Å². The van der Waals surface area contributed by atoms with Crippen LogP contribution < -0.4 is 10.2 Å². The maximum absolute atomic E-state index is 12.8. The van der Waals surface area contributed by atoms with Crippen LogP contribution in [0.5, 0.6) is 0 Å². The number of thioether (sulfide) groups is 1. The van der Waals surface area contributed by atoms with Crippen LogP contribution in [0.25, 0.3) is 10.2 Å². The minimum absolute atomic E-state index is 0.198. The summed E-state index contributed by atoms with van der Waals surface area (Å²) in [7, 11) is 0. The predicted molar refractivity (Wildman–Crippen MR) is 120 cm³/mol. The van der Waals surface area contributed by atoms with Gasteiger partial charge in [0.25, 0.3) is 5.91 Å². The SMILES string of the molecule is CSc1nc(N2CCCCC2)c2cc(C(=O)Nc3ccc(Cl)c(Cl)c3)sc2n1. The van der Waals surface area contributed by atoms with Gasteiger partial charge in [-0.25, -0.2) is 9.97 Å². The minimum Gasteiger partial charge on any atom is -0.356 e. The van der Waals surface area contributed by atoms with E-state index in [1.165, 1.54) is 29.5 Å². The van der Waals surface area contributed by atoms with Crippen LogP contribution in [0.3, 0.4) is 0 Å². The molecule has 28 heavy (non-hydrogen) atoms. The lowest BCUT2D eigenvalue weighted by atomic mass is 10.1. The van der Waals surface area contributed by atoms with Crippen LogP contribution in [0.4, 0.5) is 11.5 Å². The van der Waals surface area contributed by atoms with Crippen molar-refractivity contribution in [3.63, 3.8) is 0 Å². The van der Waals surface area contributed by atoms with Crippen molar-refractivity contribution in [1.82, 2.24) is 9.97 Å². The van der Waals surface area contributed by atoms with Crippen LogP contribution in [0.1, 0.15) is 28.9 Å². The molecule has 0 radical (unpaired) electrons. The highest BCUT2D eigenvalue weighted by atomic mass is 35.5. The van der Waals surface area contributed by atoms with Gasteiger partial charge in [-0.15, -0.1) is 11.3 Å².